The summed E-state index contributed by atoms with van der Waals surface area (Å²) in [6, 6.07) is 60.0. The van der Waals surface area contributed by atoms with Crippen molar-refractivity contribution in [3.8, 4) is 56.3 Å². The fraction of sp³-hybridized carbons (Fsp3) is 0. The first-order valence-electron chi connectivity index (χ1n) is 18.0. The summed E-state index contributed by atoms with van der Waals surface area (Å²) >= 11 is 0. The highest BCUT2D eigenvalue weighted by atomic mass is 16.5. The van der Waals surface area contributed by atoms with E-state index in [1.165, 1.54) is 21.8 Å². The van der Waals surface area contributed by atoms with Crippen LogP contribution in [0, 0.1) is 0 Å². The Morgan fingerprint density at radius 2 is 1.11 bits per heavy atom. The van der Waals surface area contributed by atoms with Crippen LogP contribution in [0.5, 0.6) is 17.2 Å². The molecule has 246 valence electrons. The molecule has 0 N–H and O–H groups in total. The number of hydrogen-bond donors (Lipinski definition) is 0. The van der Waals surface area contributed by atoms with Gasteiger partial charge in [0.25, 0.3) is 0 Å². The van der Waals surface area contributed by atoms with Crippen LogP contribution in [-0.4, -0.2) is 11.5 Å². The average molecular weight is 678 g/mol. The molecule has 53 heavy (non-hydrogen) atoms. The number of aromatic nitrogens is 1. The van der Waals surface area contributed by atoms with Crippen molar-refractivity contribution >= 4 is 61.6 Å². The van der Waals surface area contributed by atoms with Crippen molar-refractivity contribution in [2.24, 2.45) is 0 Å². The van der Waals surface area contributed by atoms with Crippen molar-refractivity contribution in [3.05, 3.63) is 170 Å². The van der Waals surface area contributed by atoms with Crippen LogP contribution in [0.2, 0.25) is 0 Å². The summed E-state index contributed by atoms with van der Waals surface area (Å²) in [7, 11) is 0. The van der Waals surface area contributed by atoms with E-state index in [2.05, 4.69) is 156 Å². The second kappa shape index (κ2) is 10.8. The van der Waals surface area contributed by atoms with Crippen LogP contribution in [0.25, 0.3) is 82.8 Å². The minimum Gasteiger partial charge on any atom is -0.551 e. The average Bonchev–Trinajstić information content (AvgIpc) is 3.77. The molecule has 2 aliphatic rings. The molecule has 0 bridgehead atoms. The highest BCUT2D eigenvalue weighted by Gasteiger charge is 2.41. The van der Waals surface area contributed by atoms with Gasteiger partial charge in [0, 0.05) is 43.7 Å². The minimum atomic E-state index is -0.301. The Balaban J connectivity index is 0.963. The molecule has 0 fully saturated rings. The summed E-state index contributed by atoms with van der Waals surface area (Å²) in [5, 5.41) is 4.75. The minimum absolute atomic E-state index is 0.301. The first kappa shape index (κ1) is 28.7. The second-order valence-electron chi connectivity index (χ2n) is 14.0. The first-order valence-corrected chi connectivity index (χ1v) is 18.0. The van der Waals surface area contributed by atoms with Crippen molar-refractivity contribution < 1.29 is 13.8 Å². The van der Waals surface area contributed by atoms with E-state index in [1.807, 2.05) is 18.2 Å². The quantitative estimate of drug-likeness (QED) is 0.175. The molecule has 10 aromatic rings. The predicted octanol–water partition coefficient (Wildman–Crippen LogP) is 11.3. The summed E-state index contributed by atoms with van der Waals surface area (Å²) in [4.78, 5) is 0. The fourth-order valence-electron chi connectivity index (χ4n) is 8.74. The van der Waals surface area contributed by atoms with Crippen molar-refractivity contribution in [1.82, 2.24) is 4.57 Å². The number of nitrogens with zero attached hydrogens (tertiary/aromatic N) is 1. The van der Waals surface area contributed by atoms with Crippen LogP contribution in [0.3, 0.4) is 0 Å². The van der Waals surface area contributed by atoms with E-state index in [4.69, 9.17) is 13.8 Å². The third-order valence-electron chi connectivity index (χ3n) is 11.1. The summed E-state index contributed by atoms with van der Waals surface area (Å²) in [5.41, 5.74) is 14.1. The SMILES string of the molecule is c1cc(-c2ccc3c(c2)B2Oc4ccc(-c5cccc6oc7ccccc7c56)cc4-c4cccc(c42)O3)cc(-n2c3ccccc3c3ccccc32)c1. The maximum absolute atomic E-state index is 6.97. The number of para-hydroxylation sites is 3. The van der Waals surface area contributed by atoms with Gasteiger partial charge in [-0.3, -0.25) is 0 Å². The Hall–Kier alpha value is -6.98. The van der Waals surface area contributed by atoms with Crippen molar-refractivity contribution in [1.29, 1.82) is 0 Å². The van der Waals surface area contributed by atoms with Crippen LogP contribution < -0.4 is 20.3 Å². The predicted molar refractivity (Wildman–Crippen MR) is 217 cm³/mol. The van der Waals surface area contributed by atoms with E-state index < -0.39 is 0 Å². The molecule has 4 nitrogen and oxygen atoms in total. The molecule has 4 heterocycles. The molecule has 0 saturated carbocycles. The Bertz CT molecular complexity index is 3100. The second-order valence-corrected chi connectivity index (χ2v) is 14.0. The van der Waals surface area contributed by atoms with Crippen molar-refractivity contribution in [2.45, 2.75) is 0 Å². The summed E-state index contributed by atoms with van der Waals surface area (Å²) in [6.07, 6.45) is 0. The Morgan fingerprint density at radius 1 is 0.434 bits per heavy atom. The highest BCUT2D eigenvalue weighted by Crippen LogP contribution is 2.44. The molecular formula is C48H28BNO3. The van der Waals surface area contributed by atoms with Crippen LogP contribution in [-0.2, 0) is 0 Å². The molecule has 5 heteroatoms. The molecule has 0 amide bonds. The number of hydrogen-bond acceptors (Lipinski definition) is 3. The van der Waals surface area contributed by atoms with E-state index in [1.54, 1.807) is 0 Å². The van der Waals surface area contributed by atoms with Crippen LogP contribution >= 0.6 is 0 Å². The zero-order valence-corrected chi connectivity index (χ0v) is 28.4. The summed E-state index contributed by atoms with van der Waals surface area (Å²) < 4.78 is 22.2. The number of furan rings is 1. The van der Waals surface area contributed by atoms with Crippen LogP contribution in [0.15, 0.2) is 174 Å². The molecule has 0 aliphatic carbocycles. The van der Waals surface area contributed by atoms with Gasteiger partial charge in [0.05, 0.1) is 11.0 Å². The van der Waals surface area contributed by atoms with E-state index in [0.29, 0.717) is 0 Å². The van der Waals surface area contributed by atoms with Gasteiger partial charge in [-0.25, -0.2) is 0 Å². The summed E-state index contributed by atoms with van der Waals surface area (Å²) in [6.45, 7) is -0.301. The normalized spacial score (nSPS) is 12.8. The van der Waals surface area contributed by atoms with Crippen molar-refractivity contribution in [2.75, 3.05) is 0 Å². The standard InChI is InChI=1S/C48H28BNO3/c1-4-17-40-34(12-1)35-13-2-5-18-41(35)50(40)32-11-7-10-29(26-32)30-22-25-44-39(28-30)49-48-36(16-9-21-46(48)52-44)38-27-31(23-24-43(38)53-49)33-15-8-20-45-47(33)37-14-3-6-19-42(37)51-45/h1-28H. The van der Waals surface area contributed by atoms with Gasteiger partial charge in [0.2, 0.25) is 0 Å². The Morgan fingerprint density at radius 3 is 1.98 bits per heavy atom. The lowest BCUT2D eigenvalue weighted by molar-refractivity contribution is 0.479. The van der Waals surface area contributed by atoms with Gasteiger partial charge in [-0.15, -0.1) is 0 Å². The monoisotopic (exact) mass is 677 g/mol. The number of benzene rings is 8. The molecule has 0 unspecified atom stereocenters. The molecule has 0 saturated heterocycles. The molecule has 8 aromatic carbocycles. The topological polar surface area (TPSA) is 36.5 Å². The zero-order valence-electron chi connectivity index (χ0n) is 28.4. The Kier molecular flexibility index (Phi) is 5.83. The van der Waals surface area contributed by atoms with E-state index in [0.717, 1.165) is 89.2 Å². The van der Waals surface area contributed by atoms with E-state index in [9.17, 15) is 0 Å². The zero-order chi connectivity index (χ0) is 34.6. The van der Waals surface area contributed by atoms with E-state index in [-0.39, 0.29) is 6.92 Å². The maximum Gasteiger partial charge on any atom is 0.434 e. The van der Waals surface area contributed by atoms with Gasteiger partial charge in [0.1, 0.15) is 28.4 Å². The highest BCUT2D eigenvalue weighted by molar-refractivity contribution is 6.84. The summed E-state index contributed by atoms with van der Waals surface area (Å²) in [5.74, 6) is 2.51. The molecule has 2 aromatic heterocycles. The lowest BCUT2D eigenvalue weighted by Gasteiger charge is -2.33. The largest absolute Gasteiger partial charge is 0.551 e. The Labute approximate surface area is 305 Å². The van der Waals surface area contributed by atoms with Gasteiger partial charge >= 0.3 is 6.92 Å². The molecule has 12 rings (SSSR count). The van der Waals surface area contributed by atoms with Crippen LogP contribution in [0.1, 0.15) is 0 Å². The lowest BCUT2D eigenvalue weighted by atomic mass is 9.50. The molecular weight excluding hydrogens is 649 g/mol. The molecule has 0 radical (unpaired) electrons. The third kappa shape index (κ3) is 4.13. The molecule has 2 aliphatic heterocycles. The number of rotatable bonds is 3. The fourth-order valence-corrected chi connectivity index (χ4v) is 8.74. The van der Waals surface area contributed by atoms with Crippen molar-refractivity contribution in [3.63, 3.8) is 0 Å². The van der Waals surface area contributed by atoms with Gasteiger partial charge in [-0.1, -0.05) is 109 Å². The first-order chi connectivity index (χ1) is 26.3. The van der Waals surface area contributed by atoms with Crippen LogP contribution in [0.4, 0.5) is 0 Å². The number of fused-ring (bicyclic) bond motifs is 10. The lowest BCUT2D eigenvalue weighted by Crippen LogP contribution is -2.53. The molecule has 0 atom stereocenters. The third-order valence-corrected chi connectivity index (χ3v) is 11.1. The maximum atomic E-state index is 6.97. The van der Waals surface area contributed by atoms with Gasteiger partial charge in [-0.2, -0.15) is 0 Å². The number of ether oxygens (including phenoxy) is 1. The van der Waals surface area contributed by atoms with E-state index >= 15 is 0 Å². The van der Waals surface area contributed by atoms with Gasteiger partial charge < -0.3 is 18.4 Å². The smallest absolute Gasteiger partial charge is 0.434 e. The van der Waals surface area contributed by atoms with Gasteiger partial charge in [-0.05, 0) is 88.5 Å². The van der Waals surface area contributed by atoms with Gasteiger partial charge in [0.15, 0.2) is 0 Å². The molecule has 0 spiro atoms.